The Labute approximate surface area is 223 Å². The maximum absolute atomic E-state index is 16.3. The van der Waals surface area contributed by atoms with E-state index in [1.165, 1.54) is 32.1 Å². The van der Waals surface area contributed by atoms with Crippen LogP contribution in [0.1, 0.15) is 57.4 Å². The zero-order valence-corrected chi connectivity index (χ0v) is 22.1. The van der Waals surface area contributed by atoms with Gasteiger partial charge >= 0.3 is 6.01 Å². The molecule has 3 saturated heterocycles. The monoisotopic (exact) mass is 517 g/mol. The predicted molar refractivity (Wildman–Crippen MR) is 145 cm³/mol. The van der Waals surface area contributed by atoms with Gasteiger partial charge in [-0.15, -0.1) is 0 Å². The largest absolute Gasteiger partial charge is 0.508 e. The number of anilines is 1. The number of halogens is 1. The Hall–Kier alpha value is -3.00. The molecule has 7 nitrogen and oxygen atoms in total. The molecule has 0 radical (unpaired) electrons. The van der Waals surface area contributed by atoms with Gasteiger partial charge in [-0.3, -0.25) is 9.88 Å². The average Bonchev–Trinajstić information content (AvgIpc) is 3.61. The van der Waals surface area contributed by atoms with Crippen LogP contribution in [0.15, 0.2) is 24.4 Å². The Kier molecular flexibility index (Phi) is 5.91. The number of aromatic hydroxyl groups is 1. The van der Waals surface area contributed by atoms with Crippen LogP contribution in [0.3, 0.4) is 0 Å². The molecular formula is C30H36FN5O2. The molecule has 200 valence electrons. The molecule has 1 N–H and O–H groups in total. The van der Waals surface area contributed by atoms with E-state index in [9.17, 15) is 5.11 Å². The summed E-state index contributed by atoms with van der Waals surface area (Å²) in [5.74, 6) is 1.65. The molecule has 0 spiro atoms. The van der Waals surface area contributed by atoms with E-state index in [4.69, 9.17) is 9.72 Å². The van der Waals surface area contributed by atoms with E-state index in [1.54, 1.807) is 18.3 Å². The van der Waals surface area contributed by atoms with Crippen LogP contribution >= 0.6 is 0 Å². The van der Waals surface area contributed by atoms with Crippen LogP contribution in [0.2, 0.25) is 0 Å². The molecule has 2 bridgehead atoms. The van der Waals surface area contributed by atoms with Gasteiger partial charge in [-0.1, -0.05) is 13.0 Å². The summed E-state index contributed by atoms with van der Waals surface area (Å²) in [5.41, 5.74) is 2.02. The Balaban J connectivity index is 1.32. The van der Waals surface area contributed by atoms with Gasteiger partial charge in [0, 0.05) is 24.8 Å². The summed E-state index contributed by atoms with van der Waals surface area (Å²) >= 11 is 0. The van der Waals surface area contributed by atoms with Crippen LogP contribution < -0.4 is 9.64 Å². The number of phenolic OH excluding ortho intramolecular Hbond substituents is 1. The summed E-state index contributed by atoms with van der Waals surface area (Å²) < 4.78 is 22.7. The first-order valence-corrected chi connectivity index (χ1v) is 14.3. The lowest BCUT2D eigenvalue weighted by atomic mass is 9.95. The van der Waals surface area contributed by atoms with Gasteiger partial charge in [-0.25, -0.2) is 4.39 Å². The number of piperidine rings is 1. The van der Waals surface area contributed by atoms with E-state index in [0.29, 0.717) is 35.8 Å². The van der Waals surface area contributed by atoms with Crippen molar-refractivity contribution in [1.29, 1.82) is 0 Å². The number of benzene rings is 1. The fraction of sp³-hybridized carbons (Fsp3) is 0.567. The lowest BCUT2D eigenvalue weighted by Gasteiger charge is -2.34. The van der Waals surface area contributed by atoms with E-state index < -0.39 is 5.82 Å². The van der Waals surface area contributed by atoms with Crippen molar-refractivity contribution in [2.75, 3.05) is 37.7 Å². The second-order valence-corrected chi connectivity index (χ2v) is 11.9. The van der Waals surface area contributed by atoms with Gasteiger partial charge in [-0.2, -0.15) is 9.97 Å². The van der Waals surface area contributed by atoms with Crippen molar-refractivity contribution in [2.45, 2.75) is 63.8 Å². The molecular weight excluding hydrogens is 481 g/mol. The van der Waals surface area contributed by atoms with Gasteiger partial charge in [0.05, 0.1) is 10.9 Å². The fourth-order valence-corrected chi connectivity index (χ4v) is 7.65. The molecule has 4 aliphatic rings. The number of fused-ring (bicyclic) bond motifs is 4. The van der Waals surface area contributed by atoms with Gasteiger partial charge < -0.3 is 14.7 Å². The molecule has 7 rings (SSSR count). The van der Waals surface area contributed by atoms with E-state index in [0.717, 1.165) is 50.4 Å². The van der Waals surface area contributed by atoms with Crippen LogP contribution in [0.4, 0.5) is 10.2 Å². The number of hydrogen-bond acceptors (Lipinski definition) is 7. The zero-order valence-electron chi connectivity index (χ0n) is 22.1. The molecule has 4 fully saturated rings. The van der Waals surface area contributed by atoms with Crippen LogP contribution in [-0.2, 0) is 6.42 Å². The molecule has 2 unspecified atom stereocenters. The summed E-state index contributed by atoms with van der Waals surface area (Å²) in [6.07, 6.45) is 10.8. The van der Waals surface area contributed by atoms with Gasteiger partial charge in [0.1, 0.15) is 29.4 Å². The summed E-state index contributed by atoms with van der Waals surface area (Å²) in [7, 11) is 0. The lowest BCUT2D eigenvalue weighted by Crippen LogP contribution is -2.43. The zero-order chi connectivity index (χ0) is 25.9. The third-order valence-corrected chi connectivity index (χ3v) is 9.56. The summed E-state index contributed by atoms with van der Waals surface area (Å²) in [4.78, 5) is 19.0. The number of ether oxygens (including phenoxy) is 1. The maximum Gasteiger partial charge on any atom is 0.319 e. The minimum atomic E-state index is -0.488. The molecule has 8 heteroatoms. The Morgan fingerprint density at radius 1 is 1.11 bits per heavy atom. The Bertz CT molecular complexity index is 1360. The molecule has 1 saturated carbocycles. The van der Waals surface area contributed by atoms with Crippen LogP contribution in [-0.4, -0.2) is 63.3 Å². The smallest absolute Gasteiger partial charge is 0.319 e. The number of hydrogen-bond donors (Lipinski definition) is 1. The number of phenols is 1. The van der Waals surface area contributed by atoms with Gasteiger partial charge in [0.25, 0.3) is 0 Å². The van der Waals surface area contributed by atoms with Gasteiger partial charge in [0.15, 0.2) is 5.82 Å². The fourth-order valence-electron chi connectivity index (χ4n) is 7.65. The van der Waals surface area contributed by atoms with Crippen LogP contribution in [0.5, 0.6) is 11.8 Å². The normalized spacial score (nSPS) is 24.3. The van der Waals surface area contributed by atoms with Gasteiger partial charge in [-0.05, 0) is 94.0 Å². The van der Waals surface area contributed by atoms with Gasteiger partial charge in [0.2, 0.25) is 0 Å². The number of pyridine rings is 1. The van der Waals surface area contributed by atoms with Crippen LogP contribution in [0.25, 0.3) is 22.2 Å². The number of aryl methyl sites for hydroxylation is 1. The van der Waals surface area contributed by atoms with E-state index >= 15 is 4.39 Å². The van der Waals surface area contributed by atoms with E-state index in [1.807, 2.05) is 13.0 Å². The molecule has 1 aliphatic carbocycles. The highest BCUT2D eigenvalue weighted by Gasteiger charge is 2.45. The van der Waals surface area contributed by atoms with Crippen molar-refractivity contribution in [2.24, 2.45) is 11.8 Å². The first kappa shape index (κ1) is 24.1. The number of rotatable bonds is 6. The summed E-state index contributed by atoms with van der Waals surface area (Å²) in [5, 5.41) is 10.8. The highest BCUT2D eigenvalue weighted by atomic mass is 19.1. The SMILES string of the molecule is CCc1ccc(O)cc1-c1ncc2c(N3CC4CCC(C4)C3)nc(OCC34CCCN3CCC4)nc2c1F. The molecule has 2 atom stereocenters. The van der Waals surface area contributed by atoms with Crippen molar-refractivity contribution in [3.63, 3.8) is 0 Å². The predicted octanol–water partition coefficient (Wildman–Crippen LogP) is 5.34. The average molecular weight is 518 g/mol. The topological polar surface area (TPSA) is 74.6 Å². The van der Waals surface area contributed by atoms with Crippen molar-refractivity contribution in [3.8, 4) is 23.0 Å². The first-order valence-electron chi connectivity index (χ1n) is 14.3. The Morgan fingerprint density at radius 2 is 1.87 bits per heavy atom. The van der Waals surface area contributed by atoms with Crippen molar-refractivity contribution in [3.05, 3.63) is 35.8 Å². The molecule has 5 heterocycles. The van der Waals surface area contributed by atoms with E-state index in [2.05, 4.69) is 19.8 Å². The molecule has 3 aliphatic heterocycles. The van der Waals surface area contributed by atoms with Crippen molar-refractivity contribution < 1.29 is 14.2 Å². The lowest BCUT2D eigenvalue weighted by molar-refractivity contribution is 0.108. The molecule has 38 heavy (non-hydrogen) atoms. The highest BCUT2D eigenvalue weighted by Crippen LogP contribution is 2.42. The summed E-state index contributed by atoms with van der Waals surface area (Å²) in [6, 6.07) is 5.30. The second-order valence-electron chi connectivity index (χ2n) is 11.9. The Morgan fingerprint density at radius 3 is 2.61 bits per heavy atom. The number of nitrogens with zero attached hydrogens (tertiary/aromatic N) is 5. The molecule has 3 aromatic rings. The van der Waals surface area contributed by atoms with Crippen molar-refractivity contribution in [1.82, 2.24) is 19.9 Å². The molecule has 0 amide bonds. The highest BCUT2D eigenvalue weighted by molar-refractivity contribution is 5.92. The third-order valence-electron chi connectivity index (χ3n) is 9.56. The minimum absolute atomic E-state index is 0.0578. The standard InChI is InChI=1S/C30H36FN5O2/c1-2-21-7-8-22(37)14-23(21)26-25(31)27-24(15-32-26)28(35-16-19-5-6-20(13-19)17-35)34-29(33-27)38-18-30-9-3-11-36(30)12-4-10-30/h7-8,14-15,19-20,37H,2-6,9-13,16-18H2,1H3. The second kappa shape index (κ2) is 9.33. The summed E-state index contributed by atoms with van der Waals surface area (Å²) in [6.45, 7) is 6.65. The minimum Gasteiger partial charge on any atom is -0.508 e. The number of aromatic nitrogens is 3. The maximum atomic E-state index is 16.3. The van der Waals surface area contributed by atoms with E-state index in [-0.39, 0.29) is 28.5 Å². The van der Waals surface area contributed by atoms with Crippen molar-refractivity contribution >= 4 is 16.7 Å². The quantitative estimate of drug-likeness (QED) is 0.473. The molecule has 2 aromatic heterocycles. The first-order chi connectivity index (χ1) is 18.5. The third kappa shape index (κ3) is 3.99. The van der Waals surface area contributed by atoms with Crippen LogP contribution in [0, 0.1) is 17.7 Å². The molecule has 1 aromatic carbocycles.